The van der Waals surface area contributed by atoms with Gasteiger partial charge < -0.3 is 5.73 Å². The minimum Gasteiger partial charge on any atom is -0.329 e. The summed E-state index contributed by atoms with van der Waals surface area (Å²) in [6.07, 6.45) is 3.39. The molecule has 2 rings (SSSR count). The number of hydrogen-bond acceptors (Lipinski definition) is 3. The van der Waals surface area contributed by atoms with Crippen LogP contribution >= 0.6 is 0 Å². The van der Waals surface area contributed by atoms with Gasteiger partial charge in [0, 0.05) is 12.1 Å². The van der Waals surface area contributed by atoms with Gasteiger partial charge in [0.2, 0.25) is 10.0 Å². The molecule has 1 fully saturated rings. The number of sulfonamides is 1. The van der Waals surface area contributed by atoms with Crippen LogP contribution in [0.5, 0.6) is 0 Å². The smallest absolute Gasteiger partial charge is 0.241 e. The Kier molecular flexibility index (Phi) is 3.94. The molecule has 0 aromatic heterocycles. The van der Waals surface area contributed by atoms with Crippen molar-refractivity contribution in [3.05, 3.63) is 29.6 Å². The molecular weight excluding hydrogens is 267 g/mol. The Balaban J connectivity index is 2.29. The second kappa shape index (κ2) is 5.19. The van der Waals surface area contributed by atoms with E-state index < -0.39 is 21.4 Å². The van der Waals surface area contributed by atoms with Gasteiger partial charge >= 0.3 is 0 Å². The highest BCUT2D eigenvalue weighted by Crippen LogP contribution is 2.30. The van der Waals surface area contributed by atoms with E-state index in [9.17, 15) is 12.8 Å². The third kappa shape index (κ3) is 2.96. The fraction of sp³-hybridized carbons (Fsp3) is 0.538. The zero-order valence-electron chi connectivity index (χ0n) is 10.9. The lowest BCUT2D eigenvalue weighted by atomic mass is 10.0. The monoisotopic (exact) mass is 286 g/mol. The molecule has 0 heterocycles. The number of nitrogens with one attached hydrogen (secondary N) is 1. The van der Waals surface area contributed by atoms with Crippen LogP contribution in [0, 0.1) is 12.7 Å². The minimum atomic E-state index is -3.72. The summed E-state index contributed by atoms with van der Waals surface area (Å²) in [5.41, 5.74) is 5.56. The minimum absolute atomic E-state index is 0.0460. The van der Waals surface area contributed by atoms with Crippen LogP contribution < -0.4 is 10.5 Å². The molecule has 0 unspecified atom stereocenters. The predicted molar refractivity (Wildman–Crippen MR) is 71.7 cm³/mol. The Labute approximate surface area is 113 Å². The molecular formula is C13H19FN2O2S. The van der Waals surface area contributed by atoms with Crippen molar-refractivity contribution in [2.24, 2.45) is 5.73 Å². The van der Waals surface area contributed by atoms with Crippen molar-refractivity contribution in [3.8, 4) is 0 Å². The van der Waals surface area contributed by atoms with Crippen LogP contribution in [0.15, 0.2) is 23.1 Å². The molecule has 0 radical (unpaired) electrons. The van der Waals surface area contributed by atoms with Crippen LogP contribution in [0.25, 0.3) is 0 Å². The van der Waals surface area contributed by atoms with E-state index in [4.69, 9.17) is 5.73 Å². The van der Waals surface area contributed by atoms with Crippen LogP contribution in [0.4, 0.5) is 4.39 Å². The Bertz CT molecular complexity index is 566. The number of benzene rings is 1. The fourth-order valence-electron chi connectivity index (χ4n) is 2.48. The van der Waals surface area contributed by atoms with E-state index in [1.165, 1.54) is 12.1 Å². The van der Waals surface area contributed by atoms with Gasteiger partial charge in [-0.2, -0.15) is 0 Å². The molecule has 3 N–H and O–H groups in total. The van der Waals surface area contributed by atoms with Gasteiger partial charge in [0.1, 0.15) is 5.82 Å². The topological polar surface area (TPSA) is 72.2 Å². The number of aryl methyl sites for hydroxylation is 1. The van der Waals surface area contributed by atoms with Crippen molar-refractivity contribution in [3.63, 3.8) is 0 Å². The number of rotatable bonds is 4. The Morgan fingerprint density at radius 3 is 2.53 bits per heavy atom. The quantitative estimate of drug-likeness (QED) is 0.884. The summed E-state index contributed by atoms with van der Waals surface area (Å²) in [6, 6.07) is 3.93. The van der Waals surface area contributed by atoms with E-state index in [0.717, 1.165) is 31.7 Å². The second-order valence-corrected chi connectivity index (χ2v) is 6.89. The largest absolute Gasteiger partial charge is 0.329 e. The highest BCUT2D eigenvalue weighted by molar-refractivity contribution is 7.89. The van der Waals surface area contributed by atoms with Gasteiger partial charge in [-0.1, -0.05) is 18.9 Å². The molecule has 1 aliphatic rings. The molecule has 106 valence electrons. The molecule has 1 aromatic carbocycles. The summed E-state index contributed by atoms with van der Waals surface area (Å²) in [5, 5.41) is 0. The van der Waals surface area contributed by atoms with Gasteiger partial charge in [0.15, 0.2) is 0 Å². The normalized spacial score (nSPS) is 18.7. The van der Waals surface area contributed by atoms with Gasteiger partial charge in [-0.05, 0) is 37.5 Å². The van der Waals surface area contributed by atoms with Crippen molar-refractivity contribution in [2.75, 3.05) is 6.54 Å². The molecule has 4 nitrogen and oxygen atoms in total. The first-order valence-corrected chi connectivity index (χ1v) is 7.87. The van der Waals surface area contributed by atoms with E-state index >= 15 is 0 Å². The summed E-state index contributed by atoms with van der Waals surface area (Å²) in [5.74, 6) is -0.518. The average molecular weight is 286 g/mol. The zero-order valence-corrected chi connectivity index (χ0v) is 11.8. The summed E-state index contributed by atoms with van der Waals surface area (Å²) >= 11 is 0. The van der Waals surface area contributed by atoms with E-state index in [-0.39, 0.29) is 11.4 Å². The fourth-order valence-corrected chi connectivity index (χ4v) is 3.97. The highest BCUT2D eigenvalue weighted by atomic mass is 32.2. The standard InChI is InChI=1S/C13H19FN2O2S/c1-10-4-5-11(8-12(10)14)19(17,18)16-13(9-15)6-2-3-7-13/h4-5,8,16H,2-3,6-7,9,15H2,1H3. The van der Waals surface area contributed by atoms with Gasteiger partial charge in [0.25, 0.3) is 0 Å². The summed E-state index contributed by atoms with van der Waals surface area (Å²) in [7, 11) is -3.72. The third-order valence-electron chi connectivity index (χ3n) is 3.76. The maximum Gasteiger partial charge on any atom is 0.241 e. The van der Waals surface area contributed by atoms with Crippen molar-refractivity contribution in [1.29, 1.82) is 0 Å². The van der Waals surface area contributed by atoms with Crippen LogP contribution in [0.3, 0.4) is 0 Å². The van der Waals surface area contributed by atoms with Crippen molar-refractivity contribution in [1.82, 2.24) is 4.72 Å². The average Bonchev–Trinajstić information content (AvgIpc) is 2.81. The van der Waals surface area contributed by atoms with Crippen molar-refractivity contribution < 1.29 is 12.8 Å². The Morgan fingerprint density at radius 1 is 1.37 bits per heavy atom. The van der Waals surface area contributed by atoms with Gasteiger partial charge in [-0.15, -0.1) is 0 Å². The molecule has 1 aliphatic carbocycles. The summed E-state index contributed by atoms with van der Waals surface area (Å²) in [6.45, 7) is 1.86. The molecule has 0 atom stereocenters. The maximum atomic E-state index is 13.5. The third-order valence-corrected chi connectivity index (χ3v) is 5.33. The second-order valence-electron chi connectivity index (χ2n) is 5.21. The highest BCUT2D eigenvalue weighted by Gasteiger charge is 2.36. The Morgan fingerprint density at radius 2 is 2.00 bits per heavy atom. The Hall–Kier alpha value is -0.980. The van der Waals surface area contributed by atoms with Crippen molar-refractivity contribution >= 4 is 10.0 Å². The lowest BCUT2D eigenvalue weighted by molar-refractivity contribution is 0.399. The van der Waals surface area contributed by atoms with E-state index in [1.54, 1.807) is 6.92 Å². The first kappa shape index (κ1) is 14.4. The lowest BCUT2D eigenvalue weighted by Gasteiger charge is -2.28. The molecule has 6 heteroatoms. The summed E-state index contributed by atoms with van der Waals surface area (Å²) in [4.78, 5) is -0.0460. The molecule has 0 spiro atoms. The molecule has 0 bridgehead atoms. The first-order chi connectivity index (χ1) is 8.88. The molecule has 0 aliphatic heterocycles. The van der Waals surface area contributed by atoms with Gasteiger partial charge in [0.05, 0.1) is 4.90 Å². The zero-order chi connectivity index (χ0) is 14.1. The number of hydrogen-bond donors (Lipinski definition) is 2. The van der Waals surface area contributed by atoms with E-state index in [0.29, 0.717) is 5.56 Å². The lowest BCUT2D eigenvalue weighted by Crippen LogP contribution is -2.51. The van der Waals surface area contributed by atoms with Crippen LogP contribution in [-0.2, 0) is 10.0 Å². The molecule has 19 heavy (non-hydrogen) atoms. The number of halogens is 1. The molecule has 1 saturated carbocycles. The molecule has 1 aromatic rings. The first-order valence-electron chi connectivity index (χ1n) is 6.39. The SMILES string of the molecule is Cc1ccc(S(=O)(=O)NC2(CN)CCCC2)cc1F. The predicted octanol–water partition coefficient (Wildman–Crippen LogP) is 1.68. The number of nitrogens with two attached hydrogens (primary N) is 1. The van der Waals surface area contributed by atoms with Crippen LogP contribution in [0.2, 0.25) is 0 Å². The molecule has 0 amide bonds. The molecule has 0 saturated heterocycles. The van der Waals surface area contributed by atoms with Gasteiger partial charge in [-0.25, -0.2) is 17.5 Å². The van der Waals surface area contributed by atoms with Crippen LogP contribution in [-0.4, -0.2) is 20.5 Å². The van der Waals surface area contributed by atoms with E-state index in [1.807, 2.05) is 0 Å². The maximum absolute atomic E-state index is 13.5. The van der Waals surface area contributed by atoms with Crippen LogP contribution in [0.1, 0.15) is 31.2 Å². The van der Waals surface area contributed by atoms with E-state index in [2.05, 4.69) is 4.72 Å². The van der Waals surface area contributed by atoms with Crippen molar-refractivity contribution in [2.45, 2.75) is 43.0 Å². The summed E-state index contributed by atoms with van der Waals surface area (Å²) < 4.78 is 40.7. The van der Waals surface area contributed by atoms with Gasteiger partial charge in [-0.3, -0.25) is 0 Å².